The van der Waals surface area contributed by atoms with Crippen molar-refractivity contribution in [1.29, 1.82) is 0 Å². The van der Waals surface area contributed by atoms with Crippen LogP contribution in [0.25, 0.3) is 0 Å². The average Bonchev–Trinajstić information content (AvgIpc) is 2.90. The summed E-state index contributed by atoms with van der Waals surface area (Å²) in [5.41, 5.74) is 2.66. The Morgan fingerprint density at radius 2 is 2.00 bits per heavy atom. The highest BCUT2D eigenvalue weighted by atomic mass is 79.9. The molecule has 2 rings (SSSR count). The first-order valence-electron chi connectivity index (χ1n) is 7.32. The van der Waals surface area contributed by atoms with Gasteiger partial charge in [0.25, 0.3) is 0 Å². The lowest BCUT2D eigenvalue weighted by Crippen LogP contribution is -2.28. The molecule has 19 heavy (non-hydrogen) atoms. The third kappa shape index (κ3) is 3.96. The Labute approximate surface area is 125 Å². The third-order valence-electron chi connectivity index (χ3n) is 4.02. The van der Waals surface area contributed by atoms with Crippen LogP contribution in [0.4, 0.5) is 5.69 Å². The summed E-state index contributed by atoms with van der Waals surface area (Å²) in [6, 6.07) is 8.00. The molecule has 1 saturated carbocycles. The van der Waals surface area contributed by atoms with E-state index in [0.717, 1.165) is 12.6 Å². The number of benzene rings is 1. The number of hydrogen-bond acceptors (Lipinski definition) is 2. The van der Waals surface area contributed by atoms with Gasteiger partial charge in [0.15, 0.2) is 0 Å². The second-order valence-electron chi connectivity index (χ2n) is 5.86. The molecule has 2 nitrogen and oxygen atoms in total. The van der Waals surface area contributed by atoms with E-state index in [9.17, 15) is 0 Å². The summed E-state index contributed by atoms with van der Waals surface area (Å²) in [7, 11) is 2.23. The Bertz CT molecular complexity index is 411. The highest BCUT2D eigenvalue weighted by molar-refractivity contribution is 9.10. The van der Waals surface area contributed by atoms with E-state index in [2.05, 4.69) is 65.2 Å². The fraction of sp³-hybridized carbons (Fsp3) is 0.625. The molecule has 1 aliphatic rings. The van der Waals surface area contributed by atoms with E-state index in [1.54, 1.807) is 0 Å². The fourth-order valence-corrected chi connectivity index (χ4v) is 3.22. The number of hydrogen-bond donors (Lipinski definition) is 1. The lowest BCUT2D eigenvalue weighted by molar-refractivity contribution is 0.587. The van der Waals surface area contributed by atoms with Crippen LogP contribution in [0, 0.1) is 0 Å². The lowest BCUT2D eigenvalue weighted by atomic mass is 10.1. The van der Waals surface area contributed by atoms with Crippen LogP contribution in [-0.4, -0.2) is 19.1 Å². The number of nitrogens with zero attached hydrogens (tertiary/aromatic N) is 1. The summed E-state index contributed by atoms with van der Waals surface area (Å²) < 4.78 is 1.21. The van der Waals surface area contributed by atoms with Gasteiger partial charge in [-0.1, -0.05) is 48.7 Å². The third-order valence-corrected chi connectivity index (χ3v) is 4.76. The molecule has 0 aromatic heterocycles. The normalized spacial score (nSPS) is 16.3. The maximum atomic E-state index is 3.71. The van der Waals surface area contributed by atoms with Crippen LogP contribution in [-0.2, 0) is 6.54 Å². The molecule has 1 N–H and O–H groups in total. The van der Waals surface area contributed by atoms with Crippen LogP contribution >= 0.6 is 15.9 Å². The maximum Gasteiger partial charge on any atom is 0.0377 e. The first kappa shape index (κ1) is 14.9. The van der Waals surface area contributed by atoms with Crippen molar-refractivity contribution >= 4 is 21.6 Å². The van der Waals surface area contributed by atoms with E-state index >= 15 is 0 Å². The van der Waals surface area contributed by atoms with Crippen molar-refractivity contribution < 1.29 is 0 Å². The van der Waals surface area contributed by atoms with Crippen LogP contribution in [0.3, 0.4) is 0 Å². The minimum Gasteiger partial charge on any atom is -0.372 e. The molecule has 0 unspecified atom stereocenters. The Morgan fingerprint density at radius 3 is 2.58 bits per heavy atom. The van der Waals surface area contributed by atoms with E-state index in [1.165, 1.54) is 41.4 Å². The fourth-order valence-electron chi connectivity index (χ4n) is 2.72. The Hall–Kier alpha value is -0.540. The summed E-state index contributed by atoms with van der Waals surface area (Å²) >= 11 is 3.71. The van der Waals surface area contributed by atoms with E-state index in [-0.39, 0.29) is 0 Å². The van der Waals surface area contributed by atoms with Crippen molar-refractivity contribution in [3.63, 3.8) is 0 Å². The zero-order valence-corrected chi connectivity index (χ0v) is 13.8. The van der Waals surface area contributed by atoms with Gasteiger partial charge < -0.3 is 10.2 Å². The van der Waals surface area contributed by atoms with Crippen LogP contribution in [0.2, 0.25) is 0 Å². The Kier molecular flexibility index (Phi) is 5.28. The van der Waals surface area contributed by atoms with E-state index < -0.39 is 0 Å². The molecule has 0 radical (unpaired) electrons. The standard InChI is InChI=1S/C16H25BrN2/c1-12(2)18-11-13-8-9-15(10-16(13)17)19(3)14-6-4-5-7-14/h8-10,12,14,18H,4-7,11H2,1-3H3. The molecule has 1 aromatic carbocycles. The van der Waals surface area contributed by atoms with Gasteiger partial charge in [-0.15, -0.1) is 0 Å². The topological polar surface area (TPSA) is 15.3 Å². The Morgan fingerprint density at radius 1 is 1.32 bits per heavy atom. The van der Waals surface area contributed by atoms with Crippen molar-refractivity contribution in [1.82, 2.24) is 5.32 Å². The molecule has 3 heteroatoms. The summed E-state index contributed by atoms with van der Waals surface area (Å²) in [6.07, 6.45) is 5.44. The van der Waals surface area contributed by atoms with Gasteiger partial charge in [-0.3, -0.25) is 0 Å². The second kappa shape index (κ2) is 6.76. The molecular weight excluding hydrogens is 300 g/mol. The quantitative estimate of drug-likeness (QED) is 0.867. The van der Waals surface area contributed by atoms with Crippen LogP contribution in [0.5, 0.6) is 0 Å². The van der Waals surface area contributed by atoms with Crippen molar-refractivity contribution in [2.24, 2.45) is 0 Å². The molecule has 1 aliphatic carbocycles. The van der Waals surface area contributed by atoms with Crippen molar-refractivity contribution in [2.45, 2.75) is 58.2 Å². The molecule has 0 heterocycles. The predicted octanol–water partition coefficient (Wildman–Crippen LogP) is 4.33. The number of halogens is 1. The molecule has 0 atom stereocenters. The van der Waals surface area contributed by atoms with E-state index in [1.807, 2.05) is 0 Å². The number of nitrogens with one attached hydrogen (secondary N) is 1. The molecule has 1 aromatic rings. The Balaban J connectivity index is 2.05. The number of anilines is 1. The van der Waals surface area contributed by atoms with Gasteiger partial charge in [0, 0.05) is 35.8 Å². The molecule has 0 bridgehead atoms. The van der Waals surface area contributed by atoms with Crippen LogP contribution in [0.1, 0.15) is 45.1 Å². The summed E-state index contributed by atoms with van der Waals surface area (Å²) in [6.45, 7) is 5.28. The molecule has 0 saturated heterocycles. The first-order valence-corrected chi connectivity index (χ1v) is 8.12. The summed E-state index contributed by atoms with van der Waals surface area (Å²) in [4.78, 5) is 2.44. The average molecular weight is 325 g/mol. The molecule has 0 spiro atoms. The molecule has 106 valence electrons. The largest absolute Gasteiger partial charge is 0.372 e. The van der Waals surface area contributed by atoms with Gasteiger partial charge >= 0.3 is 0 Å². The van der Waals surface area contributed by atoms with Crippen molar-refractivity contribution in [3.8, 4) is 0 Å². The van der Waals surface area contributed by atoms with E-state index in [4.69, 9.17) is 0 Å². The van der Waals surface area contributed by atoms with Gasteiger partial charge in [0.1, 0.15) is 0 Å². The van der Waals surface area contributed by atoms with Gasteiger partial charge in [-0.2, -0.15) is 0 Å². The highest BCUT2D eigenvalue weighted by Crippen LogP contribution is 2.29. The van der Waals surface area contributed by atoms with Crippen LogP contribution in [0.15, 0.2) is 22.7 Å². The lowest BCUT2D eigenvalue weighted by Gasteiger charge is -2.27. The monoisotopic (exact) mass is 324 g/mol. The van der Waals surface area contributed by atoms with Crippen molar-refractivity contribution in [2.75, 3.05) is 11.9 Å². The van der Waals surface area contributed by atoms with E-state index in [0.29, 0.717) is 6.04 Å². The molecule has 0 aliphatic heterocycles. The summed E-state index contributed by atoms with van der Waals surface area (Å²) in [5, 5.41) is 3.46. The highest BCUT2D eigenvalue weighted by Gasteiger charge is 2.20. The first-order chi connectivity index (χ1) is 9.08. The zero-order valence-electron chi connectivity index (χ0n) is 12.2. The van der Waals surface area contributed by atoms with Crippen LogP contribution < -0.4 is 10.2 Å². The minimum absolute atomic E-state index is 0.521. The van der Waals surface area contributed by atoms with Gasteiger partial charge in [0.05, 0.1) is 0 Å². The minimum atomic E-state index is 0.521. The molecule has 1 fully saturated rings. The molecular formula is C16H25BrN2. The maximum absolute atomic E-state index is 3.71. The van der Waals surface area contributed by atoms with Gasteiger partial charge in [0.2, 0.25) is 0 Å². The molecule has 0 amide bonds. The zero-order chi connectivity index (χ0) is 13.8. The van der Waals surface area contributed by atoms with Crippen molar-refractivity contribution in [3.05, 3.63) is 28.2 Å². The van der Waals surface area contributed by atoms with Gasteiger partial charge in [-0.25, -0.2) is 0 Å². The number of rotatable bonds is 5. The SMILES string of the molecule is CC(C)NCc1ccc(N(C)C2CCCC2)cc1Br. The predicted molar refractivity (Wildman–Crippen MR) is 86.8 cm³/mol. The second-order valence-corrected chi connectivity index (χ2v) is 6.71. The summed E-state index contributed by atoms with van der Waals surface area (Å²) in [5.74, 6) is 0. The van der Waals surface area contributed by atoms with Gasteiger partial charge in [-0.05, 0) is 30.5 Å². The smallest absolute Gasteiger partial charge is 0.0377 e.